The Balaban J connectivity index is 1.17. The van der Waals surface area contributed by atoms with Crippen molar-refractivity contribution in [3.8, 4) is 27.9 Å². The van der Waals surface area contributed by atoms with Crippen LogP contribution in [-0.4, -0.2) is 4.57 Å². The minimum Gasteiger partial charge on any atom is -0.455 e. The summed E-state index contributed by atoms with van der Waals surface area (Å²) in [5.41, 5.74) is 14.0. The van der Waals surface area contributed by atoms with E-state index in [2.05, 4.69) is 222 Å². The van der Waals surface area contributed by atoms with Gasteiger partial charge in [-0.25, -0.2) is 0 Å². The number of rotatable bonds is 6. The fourth-order valence-corrected chi connectivity index (χ4v) is 9.94. The summed E-state index contributed by atoms with van der Waals surface area (Å²) in [6.07, 6.45) is 0. The van der Waals surface area contributed by atoms with Gasteiger partial charge < -0.3 is 18.3 Å². The highest BCUT2D eigenvalue weighted by molar-refractivity contribution is 6.17. The largest absolute Gasteiger partial charge is 0.455 e. The Labute approximate surface area is 356 Å². The molecule has 13 aromatic rings. The maximum atomic E-state index is 7.09. The van der Waals surface area contributed by atoms with E-state index >= 15 is 0 Å². The molecule has 0 radical (unpaired) electrons. The van der Waals surface area contributed by atoms with E-state index in [9.17, 15) is 0 Å². The van der Waals surface area contributed by atoms with Crippen LogP contribution >= 0.6 is 0 Å². The molecule has 0 aliphatic carbocycles. The molecule has 0 N–H and O–H groups in total. The normalized spacial score (nSPS) is 11.9. The third-order valence-electron chi connectivity index (χ3n) is 12.6. The van der Waals surface area contributed by atoms with E-state index in [1.54, 1.807) is 0 Å². The van der Waals surface area contributed by atoms with Crippen molar-refractivity contribution in [2.45, 2.75) is 0 Å². The molecule has 0 fully saturated rings. The minimum atomic E-state index is 0.832. The van der Waals surface area contributed by atoms with Gasteiger partial charge in [0.2, 0.25) is 0 Å². The second-order valence-electron chi connectivity index (χ2n) is 16.0. The number of fused-ring (bicyclic) bond motifs is 10. The smallest absolute Gasteiger partial charge is 0.145 e. The zero-order valence-electron chi connectivity index (χ0n) is 33.5. The Hall–Kier alpha value is -8.34. The number of nitrogens with zero attached hydrogens (tertiary/aromatic N) is 2. The fraction of sp³-hybridized carbons (Fsp3) is 0. The molecule has 0 aliphatic rings. The van der Waals surface area contributed by atoms with Crippen LogP contribution in [0.4, 0.5) is 17.1 Å². The maximum absolute atomic E-state index is 7.09. The summed E-state index contributed by atoms with van der Waals surface area (Å²) in [5.74, 6) is 0. The predicted molar refractivity (Wildman–Crippen MR) is 258 cm³/mol. The molecule has 0 unspecified atom stereocenters. The highest BCUT2D eigenvalue weighted by atomic mass is 16.3. The molecule has 290 valence electrons. The summed E-state index contributed by atoms with van der Waals surface area (Å²) in [5, 5.41) is 9.06. The van der Waals surface area contributed by atoms with Crippen LogP contribution in [-0.2, 0) is 0 Å². The first-order valence-corrected chi connectivity index (χ1v) is 21.1. The Bertz CT molecular complexity index is 3840. The van der Waals surface area contributed by atoms with Crippen molar-refractivity contribution in [1.82, 2.24) is 4.57 Å². The number of para-hydroxylation sites is 7. The van der Waals surface area contributed by atoms with Crippen molar-refractivity contribution in [2.24, 2.45) is 0 Å². The molecule has 4 heteroatoms. The van der Waals surface area contributed by atoms with Gasteiger partial charge in [-0.2, -0.15) is 0 Å². The quantitative estimate of drug-likeness (QED) is 0.168. The van der Waals surface area contributed by atoms with Gasteiger partial charge in [0.05, 0.1) is 39.3 Å². The Kier molecular flexibility index (Phi) is 7.57. The first-order chi connectivity index (χ1) is 30.8. The molecule has 4 nitrogen and oxygen atoms in total. The molecule has 3 aromatic heterocycles. The van der Waals surface area contributed by atoms with Crippen LogP contribution in [0.15, 0.2) is 227 Å². The summed E-state index contributed by atoms with van der Waals surface area (Å²) in [6.45, 7) is 0. The lowest BCUT2D eigenvalue weighted by Gasteiger charge is -2.31. The van der Waals surface area contributed by atoms with Gasteiger partial charge >= 0.3 is 0 Å². The number of benzene rings is 10. The van der Waals surface area contributed by atoms with E-state index in [-0.39, 0.29) is 0 Å². The molecule has 13 rings (SSSR count). The van der Waals surface area contributed by atoms with Crippen molar-refractivity contribution in [1.29, 1.82) is 0 Å². The van der Waals surface area contributed by atoms with Gasteiger partial charge in [-0.3, -0.25) is 0 Å². The van der Waals surface area contributed by atoms with Crippen molar-refractivity contribution in [3.63, 3.8) is 0 Å². The first kappa shape index (κ1) is 34.5. The molecule has 0 saturated heterocycles. The van der Waals surface area contributed by atoms with Crippen LogP contribution in [0.2, 0.25) is 0 Å². The summed E-state index contributed by atoms with van der Waals surface area (Å²) >= 11 is 0. The predicted octanol–water partition coefficient (Wildman–Crippen LogP) is 16.5. The van der Waals surface area contributed by atoms with Crippen LogP contribution < -0.4 is 4.90 Å². The molecule has 3 heterocycles. The van der Waals surface area contributed by atoms with Crippen LogP contribution in [0, 0.1) is 0 Å². The molecule has 10 aromatic carbocycles. The van der Waals surface area contributed by atoms with E-state index in [4.69, 9.17) is 8.83 Å². The van der Waals surface area contributed by atoms with Crippen LogP contribution in [0.3, 0.4) is 0 Å². The first-order valence-electron chi connectivity index (χ1n) is 21.1. The third kappa shape index (κ3) is 5.07. The Morgan fingerprint density at radius 2 is 0.806 bits per heavy atom. The van der Waals surface area contributed by atoms with Gasteiger partial charge in [-0.05, 0) is 60.0 Å². The van der Waals surface area contributed by atoms with Crippen LogP contribution in [0.1, 0.15) is 0 Å². The van der Waals surface area contributed by atoms with Crippen molar-refractivity contribution < 1.29 is 8.83 Å². The molecule has 62 heavy (non-hydrogen) atoms. The average Bonchev–Trinajstić information content (AvgIpc) is 4.02. The molecule has 0 bridgehead atoms. The van der Waals surface area contributed by atoms with Gasteiger partial charge in [-0.1, -0.05) is 164 Å². The standard InChI is InChI=1S/C58H36N2O2/c1-2-19-38-37(17-1)18-15-32-48(38)60(51-30-11-5-22-41(51)44-26-16-27-45-42-23-7-13-33-54(42)61-57(44)45)53-36-35-46-43-24-8-14-34-55(43)62-58(46)56(53)47-25-6-12-31-52(47)59-49-28-9-3-20-39(49)40-21-4-10-29-50(40)59/h1-36H. The number of furan rings is 2. The second-order valence-corrected chi connectivity index (χ2v) is 16.0. The molecule has 0 aliphatic heterocycles. The van der Waals surface area contributed by atoms with Gasteiger partial charge in [0, 0.05) is 54.4 Å². The average molecular weight is 793 g/mol. The van der Waals surface area contributed by atoms with Crippen molar-refractivity contribution in [3.05, 3.63) is 218 Å². The lowest BCUT2D eigenvalue weighted by atomic mass is 9.94. The van der Waals surface area contributed by atoms with Crippen molar-refractivity contribution >= 4 is 93.5 Å². The summed E-state index contributed by atoms with van der Waals surface area (Å²) in [7, 11) is 0. The zero-order valence-corrected chi connectivity index (χ0v) is 33.5. The van der Waals surface area contributed by atoms with Crippen molar-refractivity contribution in [2.75, 3.05) is 4.90 Å². The number of hydrogen-bond acceptors (Lipinski definition) is 3. The van der Waals surface area contributed by atoms with Crippen LogP contribution in [0.5, 0.6) is 0 Å². The van der Waals surface area contributed by atoms with Gasteiger partial charge in [0.15, 0.2) is 0 Å². The highest BCUT2D eigenvalue weighted by Gasteiger charge is 2.28. The van der Waals surface area contributed by atoms with Gasteiger partial charge in [0.25, 0.3) is 0 Å². The summed E-state index contributed by atoms with van der Waals surface area (Å²) in [6, 6.07) is 77.9. The zero-order chi connectivity index (χ0) is 40.7. The lowest BCUT2D eigenvalue weighted by molar-refractivity contribution is 0.669. The minimum absolute atomic E-state index is 0.832. The number of anilines is 3. The van der Waals surface area contributed by atoms with E-state index in [0.717, 1.165) is 111 Å². The van der Waals surface area contributed by atoms with Gasteiger partial charge in [0.1, 0.15) is 22.3 Å². The number of hydrogen-bond donors (Lipinski definition) is 0. The molecular weight excluding hydrogens is 757 g/mol. The van der Waals surface area contributed by atoms with E-state index in [0.29, 0.717) is 0 Å². The topological polar surface area (TPSA) is 34.5 Å². The summed E-state index contributed by atoms with van der Waals surface area (Å²) < 4.78 is 16.2. The number of aromatic nitrogens is 1. The second kappa shape index (κ2) is 13.6. The SMILES string of the molecule is c1ccc(N(c2ccc3c(oc4ccccc43)c2-c2ccccc2-n2c3ccccc3c3ccccc32)c2cccc3ccccc23)c(-c2cccc3c2oc2ccccc23)c1. The molecule has 0 saturated carbocycles. The summed E-state index contributed by atoms with van der Waals surface area (Å²) in [4.78, 5) is 2.45. The van der Waals surface area contributed by atoms with E-state index < -0.39 is 0 Å². The van der Waals surface area contributed by atoms with Gasteiger partial charge in [-0.15, -0.1) is 0 Å². The molecule has 0 spiro atoms. The van der Waals surface area contributed by atoms with E-state index in [1.165, 1.54) is 10.8 Å². The Morgan fingerprint density at radius 3 is 1.56 bits per heavy atom. The molecule has 0 amide bonds. The fourth-order valence-electron chi connectivity index (χ4n) is 9.94. The molecular formula is C58H36N2O2. The van der Waals surface area contributed by atoms with Crippen LogP contribution in [0.25, 0.3) is 104 Å². The highest BCUT2D eigenvalue weighted by Crippen LogP contribution is 2.52. The lowest BCUT2D eigenvalue weighted by Crippen LogP contribution is -2.13. The third-order valence-corrected chi connectivity index (χ3v) is 12.6. The maximum Gasteiger partial charge on any atom is 0.145 e. The Morgan fingerprint density at radius 1 is 0.306 bits per heavy atom. The monoisotopic (exact) mass is 792 g/mol. The van der Waals surface area contributed by atoms with E-state index in [1.807, 2.05) is 6.07 Å². The molecule has 0 atom stereocenters.